The topological polar surface area (TPSA) is 87.4 Å². The highest BCUT2D eigenvalue weighted by molar-refractivity contribution is 14.0. The van der Waals surface area contributed by atoms with Gasteiger partial charge in [-0.25, -0.2) is 4.99 Å². The fourth-order valence-electron chi connectivity index (χ4n) is 3.37. The maximum atomic E-state index is 9.27. The zero-order chi connectivity index (χ0) is 18.1. The molecule has 1 aliphatic heterocycles. The lowest BCUT2D eigenvalue weighted by molar-refractivity contribution is 0.243. The molecule has 0 aromatic carbocycles. The zero-order valence-corrected chi connectivity index (χ0v) is 18.7. The van der Waals surface area contributed by atoms with Crippen LogP contribution in [-0.2, 0) is 19.5 Å². The summed E-state index contributed by atoms with van der Waals surface area (Å²) in [6, 6.07) is 0. The second-order valence-corrected chi connectivity index (χ2v) is 7.23. The van der Waals surface area contributed by atoms with Gasteiger partial charge in [-0.3, -0.25) is 0 Å². The molecule has 7 nitrogen and oxygen atoms in total. The van der Waals surface area contributed by atoms with Crippen LogP contribution in [0.15, 0.2) is 4.99 Å². The van der Waals surface area contributed by atoms with Gasteiger partial charge in [-0.15, -0.1) is 34.2 Å². The molecule has 8 heteroatoms. The monoisotopic (exact) mass is 478 g/mol. The van der Waals surface area contributed by atoms with Crippen molar-refractivity contribution >= 4 is 29.9 Å². The summed E-state index contributed by atoms with van der Waals surface area (Å²) in [7, 11) is 0. The minimum absolute atomic E-state index is 0. The van der Waals surface area contributed by atoms with Gasteiger partial charge in [0.15, 0.2) is 11.8 Å². The van der Waals surface area contributed by atoms with Crippen LogP contribution in [0.1, 0.15) is 58.1 Å². The largest absolute Gasteiger partial charge is 0.396 e. The molecule has 1 atom stereocenters. The molecule has 1 aromatic rings. The summed E-state index contributed by atoms with van der Waals surface area (Å²) in [5.74, 6) is 3.92. The Labute approximate surface area is 174 Å². The van der Waals surface area contributed by atoms with Crippen LogP contribution in [0.25, 0.3) is 0 Å². The van der Waals surface area contributed by atoms with E-state index in [1.807, 2.05) is 0 Å². The number of rotatable bonds is 9. The number of hydrogen-bond donors (Lipinski definition) is 3. The lowest BCUT2D eigenvalue weighted by Gasteiger charge is -2.20. The molecule has 150 valence electrons. The molecule has 0 amide bonds. The fraction of sp³-hybridized carbons (Fsp3) is 0.833. The van der Waals surface area contributed by atoms with Crippen molar-refractivity contribution in [3.05, 3.63) is 11.6 Å². The number of aliphatic hydroxyl groups excluding tert-OH is 1. The van der Waals surface area contributed by atoms with E-state index in [-0.39, 0.29) is 30.6 Å². The Kier molecular flexibility index (Phi) is 11.1. The first-order valence-electron chi connectivity index (χ1n) is 9.68. The number of guanidine groups is 1. The second kappa shape index (κ2) is 12.5. The van der Waals surface area contributed by atoms with Crippen molar-refractivity contribution in [3.63, 3.8) is 0 Å². The summed E-state index contributed by atoms with van der Waals surface area (Å²) in [6.45, 7) is 9.92. The Hall–Kier alpha value is -0.900. The molecule has 0 saturated heterocycles. The van der Waals surface area contributed by atoms with Crippen LogP contribution in [0.3, 0.4) is 0 Å². The summed E-state index contributed by atoms with van der Waals surface area (Å²) in [4.78, 5) is 4.68. The van der Waals surface area contributed by atoms with Gasteiger partial charge >= 0.3 is 0 Å². The van der Waals surface area contributed by atoms with Crippen LogP contribution < -0.4 is 10.6 Å². The summed E-state index contributed by atoms with van der Waals surface area (Å²) < 4.78 is 2.21. The van der Waals surface area contributed by atoms with Crippen molar-refractivity contribution in [2.24, 2.45) is 16.8 Å². The number of fused-ring (bicyclic) bond motifs is 1. The molecule has 2 heterocycles. The van der Waals surface area contributed by atoms with Crippen LogP contribution in [0.5, 0.6) is 0 Å². The molecule has 1 unspecified atom stereocenters. The van der Waals surface area contributed by atoms with Gasteiger partial charge in [0.1, 0.15) is 12.4 Å². The van der Waals surface area contributed by atoms with Crippen LogP contribution in [0.4, 0.5) is 0 Å². The Morgan fingerprint density at radius 2 is 2.08 bits per heavy atom. The molecule has 26 heavy (non-hydrogen) atoms. The van der Waals surface area contributed by atoms with Gasteiger partial charge < -0.3 is 20.3 Å². The van der Waals surface area contributed by atoms with Gasteiger partial charge in [0.2, 0.25) is 0 Å². The quantitative estimate of drug-likeness (QED) is 0.288. The van der Waals surface area contributed by atoms with Crippen LogP contribution in [0, 0.1) is 11.8 Å². The molecule has 0 bridgehead atoms. The Morgan fingerprint density at radius 3 is 2.77 bits per heavy atom. The highest BCUT2D eigenvalue weighted by atomic mass is 127. The van der Waals surface area contributed by atoms with E-state index in [9.17, 15) is 5.11 Å². The van der Waals surface area contributed by atoms with Crippen LogP contribution in [0.2, 0.25) is 0 Å². The van der Waals surface area contributed by atoms with Gasteiger partial charge in [0.25, 0.3) is 0 Å². The van der Waals surface area contributed by atoms with Crippen molar-refractivity contribution in [1.82, 2.24) is 25.4 Å². The van der Waals surface area contributed by atoms with Gasteiger partial charge in [-0.2, -0.15) is 0 Å². The average Bonchev–Trinajstić information content (AvgIpc) is 3.00. The van der Waals surface area contributed by atoms with Crippen LogP contribution in [-0.4, -0.2) is 45.5 Å². The number of hydrogen-bond acceptors (Lipinski definition) is 4. The highest BCUT2D eigenvalue weighted by Gasteiger charge is 2.16. The van der Waals surface area contributed by atoms with E-state index in [2.05, 4.69) is 51.2 Å². The third-order valence-electron chi connectivity index (χ3n) is 4.56. The van der Waals surface area contributed by atoms with Crippen molar-refractivity contribution in [1.29, 1.82) is 0 Å². The van der Waals surface area contributed by atoms with E-state index >= 15 is 0 Å². The van der Waals surface area contributed by atoms with E-state index in [4.69, 9.17) is 0 Å². The molecule has 0 saturated carbocycles. The van der Waals surface area contributed by atoms with E-state index in [0.29, 0.717) is 18.4 Å². The number of nitrogens with zero attached hydrogens (tertiary/aromatic N) is 4. The minimum Gasteiger partial charge on any atom is -0.396 e. The smallest absolute Gasteiger partial charge is 0.191 e. The van der Waals surface area contributed by atoms with Crippen molar-refractivity contribution in [2.75, 3.05) is 19.7 Å². The molecule has 0 fully saturated rings. The predicted octanol–water partition coefficient (Wildman–Crippen LogP) is 2.33. The third kappa shape index (κ3) is 7.38. The van der Waals surface area contributed by atoms with E-state index < -0.39 is 0 Å². The molecule has 0 aliphatic carbocycles. The fourth-order valence-corrected chi connectivity index (χ4v) is 3.37. The lowest BCUT2D eigenvalue weighted by atomic mass is 9.94. The van der Waals surface area contributed by atoms with Gasteiger partial charge in [0.05, 0.1) is 0 Å². The summed E-state index contributed by atoms with van der Waals surface area (Å²) in [6.07, 6.45) is 5.34. The van der Waals surface area contributed by atoms with Crippen molar-refractivity contribution < 1.29 is 5.11 Å². The minimum atomic E-state index is 0. The number of nitrogens with one attached hydrogen (secondary N) is 2. The maximum Gasteiger partial charge on any atom is 0.191 e. The molecule has 1 aromatic heterocycles. The highest BCUT2D eigenvalue weighted by Crippen LogP contribution is 2.15. The molecule has 0 radical (unpaired) electrons. The number of aliphatic imine (C=N–C) groups is 1. The van der Waals surface area contributed by atoms with E-state index in [1.165, 1.54) is 12.8 Å². The van der Waals surface area contributed by atoms with Crippen molar-refractivity contribution in [3.8, 4) is 0 Å². The Balaban J connectivity index is 0.00000338. The first-order chi connectivity index (χ1) is 12.1. The standard InChI is InChI=1S/C18H34N6O.HI/c1-4-19-18(20-12-15(8-10-25)11-14(2)3)21-13-17-23-22-16-7-5-6-9-24(16)17;/h14-15,25H,4-13H2,1-3H3,(H2,19,20,21);1H. The summed E-state index contributed by atoms with van der Waals surface area (Å²) in [5.41, 5.74) is 0. The van der Waals surface area contributed by atoms with E-state index in [0.717, 1.165) is 56.5 Å². The number of aryl methyl sites for hydroxylation is 1. The zero-order valence-electron chi connectivity index (χ0n) is 16.4. The molecule has 1 aliphatic rings. The number of aliphatic hydroxyl groups is 1. The maximum absolute atomic E-state index is 9.27. The molecule has 0 spiro atoms. The second-order valence-electron chi connectivity index (χ2n) is 7.23. The first kappa shape index (κ1) is 23.1. The predicted molar refractivity (Wildman–Crippen MR) is 116 cm³/mol. The third-order valence-corrected chi connectivity index (χ3v) is 4.56. The van der Waals surface area contributed by atoms with E-state index in [1.54, 1.807) is 0 Å². The summed E-state index contributed by atoms with van der Waals surface area (Å²) in [5, 5.41) is 24.6. The molecular formula is C18H35IN6O. The van der Waals surface area contributed by atoms with Gasteiger partial charge in [-0.1, -0.05) is 13.8 Å². The molecule has 3 N–H and O–H groups in total. The van der Waals surface area contributed by atoms with Crippen LogP contribution >= 0.6 is 24.0 Å². The Morgan fingerprint density at radius 1 is 1.27 bits per heavy atom. The first-order valence-corrected chi connectivity index (χ1v) is 9.68. The molecule has 2 rings (SSSR count). The number of halogens is 1. The van der Waals surface area contributed by atoms with Gasteiger partial charge in [-0.05, 0) is 44.4 Å². The molecular weight excluding hydrogens is 443 g/mol. The SMILES string of the molecule is CCNC(=NCc1nnc2n1CCCC2)NCC(CCO)CC(C)C.I. The summed E-state index contributed by atoms with van der Waals surface area (Å²) >= 11 is 0. The normalized spacial score (nSPS) is 15.3. The lowest BCUT2D eigenvalue weighted by Crippen LogP contribution is -2.40. The number of aromatic nitrogens is 3. The Bertz CT molecular complexity index is 546. The average molecular weight is 478 g/mol. The van der Waals surface area contributed by atoms with Gasteiger partial charge in [0, 0.05) is 32.7 Å². The van der Waals surface area contributed by atoms with Crippen molar-refractivity contribution in [2.45, 2.75) is 66.0 Å².